The van der Waals surface area contributed by atoms with Gasteiger partial charge in [0.15, 0.2) is 35.6 Å². The summed E-state index contributed by atoms with van der Waals surface area (Å²) in [4.78, 5) is 23.6. The van der Waals surface area contributed by atoms with E-state index in [-0.39, 0.29) is 121 Å². The van der Waals surface area contributed by atoms with Crippen LogP contribution in [0.2, 0.25) is 0 Å². The van der Waals surface area contributed by atoms with E-state index in [2.05, 4.69) is 36.0 Å². The summed E-state index contributed by atoms with van der Waals surface area (Å²) in [6, 6.07) is 22.0. The predicted molar refractivity (Wildman–Crippen MR) is 307 cm³/mol. The monoisotopic (exact) mass is 1460 g/mol. The van der Waals surface area contributed by atoms with Crippen LogP contribution in [-0.2, 0) is 54.9 Å². The Hall–Kier alpha value is -4.99. The van der Waals surface area contributed by atoms with Gasteiger partial charge in [0.25, 0.3) is 0 Å². The number of rotatable bonds is 26. The fraction of sp³-hybridized carbons (Fsp3) is 0.633. The Morgan fingerprint density at radius 3 is 1.60 bits per heavy atom. The summed E-state index contributed by atoms with van der Waals surface area (Å²) in [7, 11) is -7.78. The molecular weight excluding hydrogens is 1380 g/mol. The topological polar surface area (TPSA) is 301 Å². The van der Waals surface area contributed by atoms with Gasteiger partial charge in [-0.25, -0.2) is 26.4 Å². The van der Waals surface area contributed by atoms with Gasteiger partial charge in [0.2, 0.25) is 33.6 Å². The minimum atomic E-state index is -4.14. The number of amides is 1. The Morgan fingerprint density at radius 1 is 0.674 bits per heavy atom. The molecule has 26 heteroatoms. The van der Waals surface area contributed by atoms with Crippen LogP contribution in [0.3, 0.4) is 0 Å². The molecule has 8 atom stereocenters. The maximum absolute atomic E-state index is 14.2. The van der Waals surface area contributed by atoms with Gasteiger partial charge in [-0.1, -0.05) is 84.7 Å². The second-order valence-corrected chi connectivity index (χ2v) is 27.9. The summed E-state index contributed by atoms with van der Waals surface area (Å²) in [5.74, 6) is 2.08. The largest absolute Gasteiger partial charge is 0.506 e. The molecule has 6 aliphatic heterocycles. The van der Waals surface area contributed by atoms with E-state index >= 15 is 0 Å². The molecule has 0 aromatic heterocycles. The molecular formula is C60H83N5NpO18S2. The number of aliphatic hydroxyl groups excluding tert-OH is 1. The number of nitriles is 2. The van der Waals surface area contributed by atoms with Crippen LogP contribution in [0.15, 0.2) is 76.5 Å². The van der Waals surface area contributed by atoms with Crippen molar-refractivity contribution in [3.8, 4) is 35.1 Å². The van der Waals surface area contributed by atoms with E-state index < -0.39 is 56.0 Å². The van der Waals surface area contributed by atoms with Crippen molar-refractivity contribution in [2.45, 2.75) is 159 Å². The van der Waals surface area contributed by atoms with Crippen LogP contribution >= 0.6 is 0 Å². The smallest absolute Gasteiger partial charge is 0.454 e. The zero-order valence-corrected chi connectivity index (χ0v) is 55.2. The number of carbonyl (C=O) groups excluding carboxylic acids is 1. The van der Waals surface area contributed by atoms with Crippen LogP contribution in [0, 0.1) is 81.2 Å². The number of carbonyl (C=O) groups is 2. The van der Waals surface area contributed by atoms with Crippen molar-refractivity contribution in [2.24, 2.45) is 28.6 Å². The first kappa shape index (κ1) is 70.1. The average Bonchev–Trinajstić information content (AvgIpc) is 2.01. The van der Waals surface area contributed by atoms with Crippen molar-refractivity contribution in [3.05, 3.63) is 72.3 Å². The maximum atomic E-state index is 14.2. The third-order valence-electron chi connectivity index (χ3n) is 15.5. The maximum Gasteiger partial charge on any atom is 0.506 e. The number of hydrogen-bond donors (Lipinski definition) is 3. The van der Waals surface area contributed by atoms with Crippen molar-refractivity contribution in [2.75, 3.05) is 66.2 Å². The predicted octanol–water partition coefficient (Wildman–Crippen LogP) is 8.59. The Kier molecular flexibility index (Phi) is 26.5. The zero-order chi connectivity index (χ0) is 61.4. The summed E-state index contributed by atoms with van der Waals surface area (Å²) in [6.45, 7) is 14.7. The van der Waals surface area contributed by atoms with Crippen molar-refractivity contribution < 1.29 is 114 Å². The van der Waals surface area contributed by atoms with Gasteiger partial charge in [0.1, 0.15) is 12.2 Å². The van der Waals surface area contributed by atoms with E-state index in [1.807, 2.05) is 58.0 Å². The second-order valence-electron chi connectivity index (χ2n) is 24.0. The summed E-state index contributed by atoms with van der Waals surface area (Å²) in [6.07, 6.45) is 2.82. The molecule has 0 aliphatic carbocycles. The fourth-order valence-electron chi connectivity index (χ4n) is 11.0. The number of fused-ring (bicyclic) bond motifs is 4. The first-order valence-corrected chi connectivity index (χ1v) is 32.0. The number of hydrogen-bond acceptors (Lipinski definition) is 19. The molecule has 1 radical (unpaired) electrons. The molecule has 9 rings (SSSR count). The Balaban J connectivity index is 0.000000247. The molecule has 23 nitrogen and oxygen atoms in total. The quantitative estimate of drug-likeness (QED) is 0.0500. The second kappa shape index (κ2) is 32.5. The molecule has 6 heterocycles. The summed E-state index contributed by atoms with van der Waals surface area (Å²) >= 11 is 0. The van der Waals surface area contributed by atoms with Crippen LogP contribution in [0.5, 0.6) is 23.0 Å². The van der Waals surface area contributed by atoms with Crippen LogP contribution in [-0.4, -0.2) is 151 Å². The minimum absolute atomic E-state index is 0. The van der Waals surface area contributed by atoms with Gasteiger partial charge in [0, 0.05) is 81.1 Å². The van der Waals surface area contributed by atoms with Crippen molar-refractivity contribution >= 4 is 32.3 Å². The van der Waals surface area contributed by atoms with Crippen molar-refractivity contribution in [1.29, 1.82) is 10.5 Å². The molecule has 3 aromatic carbocycles. The molecule has 3 N–H and O–H groups in total. The van der Waals surface area contributed by atoms with Gasteiger partial charge >= 0.3 is 12.2 Å². The summed E-state index contributed by atoms with van der Waals surface area (Å²) in [5, 5.41) is 40.5. The fourth-order valence-corrected chi connectivity index (χ4v) is 14.5. The number of nitrogens with zero attached hydrogens (tertiary/aromatic N) is 4. The average molecular weight is 1460 g/mol. The van der Waals surface area contributed by atoms with E-state index in [1.165, 1.54) is 16.4 Å². The third kappa shape index (κ3) is 20.0. The van der Waals surface area contributed by atoms with Gasteiger partial charge in [-0.3, -0.25) is 0 Å². The van der Waals surface area contributed by atoms with Gasteiger partial charge in [-0.2, -0.15) is 19.1 Å². The molecule has 473 valence electrons. The molecule has 1 amide bonds. The Morgan fingerprint density at radius 2 is 1.14 bits per heavy atom. The number of unbranched alkanes of at least 4 members (excludes halogenated alkanes) is 4. The van der Waals surface area contributed by atoms with Gasteiger partial charge in [-0.05, 0) is 91.5 Å². The number of carboxylic acid groups (broad SMARTS) is 1. The molecule has 0 bridgehead atoms. The molecule has 0 spiro atoms. The van der Waals surface area contributed by atoms with E-state index in [0.29, 0.717) is 81.6 Å². The SMILES string of the molecule is CC(C)(CCCCC#N)CN(CC(O)[C@H](Cc1ccccc1)NC(=O)OC1COC2OCCC12)S(=O)(=O)c1ccc2c(c1)OCO2.CC(C)CN(CC(C)(C)CCCCC#N)S(=O)(=O)c1ccc2c(c1)OCO2.O=C(O)OC1COC2OCCC12.[Np]. The molecule has 86 heavy (non-hydrogen) atoms. The number of alkyl carbamates (subject to hydrolysis) is 1. The van der Waals surface area contributed by atoms with Crippen LogP contribution < -0.4 is 24.3 Å². The molecule has 4 saturated heterocycles. The van der Waals surface area contributed by atoms with Gasteiger partial charge < -0.3 is 62.9 Å². The van der Waals surface area contributed by atoms with Crippen LogP contribution in [0.25, 0.3) is 0 Å². The number of aliphatic hydroxyl groups is 1. The van der Waals surface area contributed by atoms with Crippen molar-refractivity contribution in [1.82, 2.24) is 13.9 Å². The zero-order valence-electron chi connectivity index (χ0n) is 49.9. The van der Waals surface area contributed by atoms with E-state index in [1.54, 1.807) is 28.6 Å². The van der Waals surface area contributed by atoms with E-state index in [0.717, 1.165) is 44.1 Å². The number of sulfonamides is 2. The summed E-state index contributed by atoms with van der Waals surface area (Å²) in [5.41, 5.74) is 0.194. The Labute approximate surface area is 528 Å². The van der Waals surface area contributed by atoms with Crippen molar-refractivity contribution in [3.63, 3.8) is 0 Å². The molecule has 7 unspecified atom stereocenters. The van der Waals surface area contributed by atoms with Crippen LogP contribution in [0.4, 0.5) is 9.59 Å². The number of ether oxygens (including phenoxy) is 10. The van der Waals surface area contributed by atoms with Gasteiger partial charge in [0.05, 0.1) is 72.3 Å². The molecule has 6 aliphatic rings. The van der Waals surface area contributed by atoms with E-state index in [9.17, 15) is 31.5 Å². The normalized spacial score (nSPS) is 21.6. The number of nitrogens with one attached hydrogen (secondary N) is 1. The molecule has 4 fully saturated rings. The number of benzene rings is 3. The van der Waals surface area contributed by atoms with Gasteiger partial charge in [-0.15, -0.1) is 0 Å². The molecule has 0 saturated carbocycles. The standard InChI is InChI=1S/C33H43N3O9S.C20H30N2O4S.C7H10O5.Np/c1-33(2,14-7-4-8-15-34)21-36(46(39,40)24-11-12-28-29(18-24)44-22-43-28)19-27(37)26(17-23-9-5-3-6-10-23)35-32(38)45-30-20-42-31-25(30)13-16-41-31;1-16(2)13-22(14-20(3,4)10-6-5-7-11-21)27(23,24)17-8-9-18-19(12-17)26-15-25-18;8-7(9)12-5-3-11-6-4(5)1-2-10-6;/h3,5-6,9-12,18,25-27,30-31,37H,4,7-8,13-14,16-17,19-22H2,1-2H3,(H,35,38);8-9,12,16H,5-7,10,13-15H2,1-4H3;4-6H,1-3H2,(H,8,9);/t25?,26-,27?,30?,31?;;;/m0.../s1. The minimum Gasteiger partial charge on any atom is -0.454 e. The first-order valence-electron chi connectivity index (χ1n) is 29.1. The molecule has 3 aromatic rings. The Bertz CT molecular complexity index is 3000. The summed E-state index contributed by atoms with van der Waals surface area (Å²) < 4.78 is 111. The van der Waals surface area contributed by atoms with Crippen LogP contribution in [0.1, 0.15) is 111 Å². The first-order chi connectivity index (χ1) is 40.5. The van der Waals surface area contributed by atoms with E-state index in [4.69, 9.17) is 58.3 Å². The third-order valence-corrected chi connectivity index (χ3v) is 19.1.